The Bertz CT molecular complexity index is 326. The molecular formula is C11H11NO. The summed E-state index contributed by atoms with van der Waals surface area (Å²) in [6.07, 6.45) is 0.725. The lowest BCUT2D eigenvalue weighted by atomic mass is 10.0. The monoisotopic (exact) mass is 173 g/mol. The summed E-state index contributed by atoms with van der Waals surface area (Å²) in [6.45, 7) is 3.70. The molecule has 0 radical (unpaired) electrons. The second-order valence-electron chi connectivity index (χ2n) is 3.24. The Labute approximate surface area is 77.3 Å². The van der Waals surface area contributed by atoms with Gasteiger partial charge >= 0.3 is 0 Å². The van der Waals surface area contributed by atoms with Gasteiger partial charge in [0, 0.05) is 12.0 Å². The molecule has 1 aliphatic rings. The third-order valence-corrected chi connectivity index (χ3v) is 2.28. The minimum absolute atomic E-state index is 0.0196. The number of benzene rings is 1. The summed E-state index contributed by atoms with van der Waals surface area (Å²) in [5.41, 5.74) is 1.82. The Morgan fingerprint density at radius 1 is 1.31 bits per heavy atom. The smallest absolute Gasteiger partial charge is 0.247 e. The Morgan fingerprint density at radius 3 is 2.54 bits per heavy atom. The molecule has 1 atom stereocenters. The normalized spacial score (nSPS) is 21.7. The van der Waals surface area contributed by atoms with Gasteiger partial charge < -0.3 is 5.32 Å². The largest absolute Gasteiger partial charge is 0.345 e. The zero-order chi connectivity index (χ0) is 9.26. The van der Waals surface area contributed by atoms with E-state index in [2.05, 4.69) is 11.9 Å². The van der Waals surface area contributed by atoms with E-state index in [1.807, 2.05) is 30.3 Å². The second-order valence-corrected chi connectivity index (χ2v) is 3.24. The summed E-state index contributed by atoms with van der Waals surface area (Å²) >= 11 is 0. The van der Waals surface area contributed by atoms with Gasteiger partial charge in [-0.25, -0.2) is 0 Å². The van der Waals surface area contributed by atoms with Crippen molar-refractivity contribution in [1.82, 2.24) is 5.32 Å². The molecule has 1 fully saturated rings. The highest BCUT2D eigenvalue weighted by molar-refractivity contribution is 5.95. The average Bonchev–Trinajstić information content (AvgIpc) is 2.49. The fourth-order valence-corrected chi connectivity index (χ4v) is 1.54. The lowest BCUT2D eigenvalue weighted by Crippen LogP contribution is -2.18. The van der Waals surface area contributed by atoms with Crippen molar-refractivity contribution in [3.8, 4) is 0 Å². The predicted molar refractivity (Wildman–Crippen MR) is 51.1 cm³/mol. The molecule has 0 aliphatic carbocycles. The molecule has 0 saturated carbocycles. The van der Waals surface area contributed by atoms with Crippen LogP contribution in [0, 0.1) is 0 Å². The van der Waals surface area contributed by atoms with Crippen LogP contribution in [-0.2, 0) is 4.79 Å². The Hall–Kier alpha value is -1.57. The van der Waals surface area contributed by atoms with Gasteiger partial charge in [0.05, 0.1) is 6.04 Å². The average molecular weight is 173 g/mol. The molecule has 1 saturated heterocycles. The maximum absolute atomic E-state index is 11.1. The van der Waals surface area contributed by atoms with Crippen LogP contribution >= 0.6 is 0 Å². The molecule has 0 unspecified atom stereocenters. The summed E-state index contributed by atoms with van der Waals surface area (Å²) in [4.78, 5) is 11.1. The van der Waals surface area contributed by atoms with Crippen LogP contribution in [0.15, 0.2) is 42.5 Å². The maximum Gasteiger partial charge on any atom is 0.247 e. The van der Waals surface area contributed by atoms with Crippen LogP contribution in [-0.4, -0.2) is 5.91 Å². The number of rotatable bonds is 1. The van der Waals surface area contributed by atoms with Crippen molar-refractivity contribution in [3.05, 3.63) is 48.0 Å². The first-order valence-electron chi connectivity index (χ1n) is 4.31. The summed E-state index contributed by atoms with van der Waals surface area (Å²) in [7, 11) is 0. The second kappa shape index (κ2) is 3.05. The van der Waals surface area contributed by atoms with Crippen molar-refractivity contribution in [2.75, 3.05) is 0 Å². The quantitative estimate of drug-likeness (QED) is 0.645. The van der Waals surface area contributed by atoms with E-state index in [0.29, 0.717) is 5.57 Å². The first-order chi connectivity index (χ1) is 6.27. The Kier molecular flexibility index (Phi) is 1.89. The van der Waals surface area contributed by atoms with Crippen LogP contribution in [0.2, 0.25) is 0 Å². The van der Waals surface area contributed by atoms with Crippen molar-refractivity contribution in [1.29, 1.82) is 0 Å². The first kappa shape index (κ1) is 8.05. The fraction of sp³-hybridized carbons (Fsp3) is 0.182. The van der Waals surface area contributed by atoms with Gasteiger partial charge in [-0.3, -0.25) is 4.79 Å². The van der Waals surface area contributed by atoms with Gasteiger partial charge in [0.2, 0.25) is 5.91 Å². The fourth-order valence-electron chi connectivity index (χ4n) is 1.54. The first-order valence-corrected chi connectivity index (χ1v) is 4.31. The Morgan fingerprint density at radius 2 is 2.00 bits per heavy atom. The van der Waals surface area contributed by atoms with Crippen molar-refractivity contribution < 1.29 is 4.79 Å². The molecule has 13 heavy (non-hydrogen) atoms. The van der Waals surface area contributed by atoms with Crippen LogP contribution in [0.5, 0.6) is 0 Å². The number of hydrogen-bond donors (Lipinski definition) is 1. The van der Waals surface area contributed by atoms with Gasteiger partial charge in [-0.15, -0.1) is 0 Å². The summed E-state index contributed by atoms with van der Waals surface area (Å²) in [5, 5.41) is 2.88. The van der Waals surface area contributed by atoms with Gasteiger partial charge in [-0.2, -0.15) is 0 Å². The molecule has 0 bridgehead atoms. The van der Waals surface area contributed by atoms with E-state index in [4.69, 9.17) is 0 Å². The van der Waals surface area contributed by atoms with E-state index in [0.717, 1.165) is 12.0 Å². The van der Waals surface area contributed by atoms with E-state index in [-0.39, 0.29) is 11.9 Å². The zero-order valence-corrected chi connectivity index (χ0v) is 7.29. The van der Waals surface area contributed by atoms with Crippen LogP contribution in [0.25, 0.3) is 0 Å². The third-order valence-electron chi connectivity index (χ3n) is 2.28. The molecule has 2 nitrogen and oxygen atoms in total. The van der Waals surface area contributed by atoms with E-state index >= 15 is 0 Å². The minimum atomic E-state index is -0.0196. The van der Waals surface area contributed by atoms with Crippen molar-refractivity contribution in [2.24, 2.45) is 0 Å². The molecule has 1 aromatic carbocycles. The standard InChI is InChI=1S/C11H11NO/c1-8-7-10(12-11(8)13)9-5-3-2-4-6-9/h2-6,10H,1,7H2,(H,12,13)/t10-/m1/s1. The van der Waals surface area contributed by atoms with Crippen LogP contribution in [0.3, 0.4) is 0 Å². The molecule has 0 aromatic heterocycles. The topological polar surface area (TPSA) is 29.1 Å². The molecule has 1 heterocycles. The summed E-state index contributed by atoms with van der Waals surface area (Å²) in [5.74, 6) is -0.0196. The van der Waals surface area contributed by atoms with E-state index < -0.39 is 0 Å². The number of carbonyl (C=O) groups excluding carboxylic acids is 1. The minimum Gasteiger partial charge on any atom is -0.345 e. The lowest BCUT2D eigenvalue weighted by Gasteiger charge is -2.08. The SMILES string of the molecule is C=C1C[C@H](c2ccccc2)NC1=O. The zero-order valence-electron chi connectivity index (χ0n) is 7.29. The lowest BCUT2D eigenvalue weighted by molar-refractivity contribution is -0.116. The van der Waals surface area contributed by atoms with Gasteiger partial charge in [0.15, 0.2) is 0 Å². The van der Waals surface area contributed by atoms with Crippen LogP contribution in [0.4, 0.5) is 0 Å². The highest BCUT2D eigenvalue weighted by Gasteiger charge is 2.25. The molecule has 2 heteroatoms. The van der Waals surface area contributed by atoms with Gasteiger partial charge in [0.25, 0.3) is 0 Å². The number of nitrogens with one attached hydrogen (secondary N) is 1. The van der Waals surface area contributed by atoms with E-state index in [1.54, 1.807) is 0 Å². The van der Waals surface area contributed by atoms with Gasteiger partial charge in [0.1, 0.15) is 0 Å². The number of amides is 1. The van der Waals surface area contributed by atoms with E-state index in [9.17, 15) is 4.79 Å². The van der Waals surface area contributed by atoms with Crippen LogP contribution in [0.1, 0.15) is 18.0 Å². The summed E-state index contributed by atoms with van der Waals surface area (Å²) in [6, 6.07) is 10.1. The van der Waals surface area contributed by atoms with Gasteiger partial charge in [-0.1, -0.05) is 36.9 Å². The van der Waals surface area contributed by atoms with E-state index in [1.165, 1.54) is 0 Å². The predicted octanol–water partition coefficient (Wildman–Crippen LogP) is 1.80. The summed E-state index contributed by atoms with van der Waals surface area (Å²) < 4.78 is 0. The molecule has 1 N–H and O–H groups in total. The van der Waals surface area contributed by atoms with Crippen molar-refractivity contribution in [2.45, 2.75) is 12.5 Å². The molecule has 1 amide bonds. The number of carbonyl (C=O) groups is 1. The molecule has 1 aromatic rings. The molecular weight excluding hydrogens is 162 g/mol. The highest BCUT2D eigenvalue weighted by Crippen LogP contribution is 2.25. The highest BCUT2D eigenvalue weighted by atomic mass is 16.2. The van der Waals surface area contributed by atoms with Crippen molar-refractivity contribution >= 4 is 5.91 Å². The molecule has 1 aliphatic heterocycles. The molecule has 2 rings (SSSR count). The van der Waals surface area contributed by atoms with Crippen molar-refractivity contribution in [3.63, 3.8) is 0 Å². The maximum atomic E-state index is 11.1. The Balaban J connectivity index is 2.21. The molecule has 0 spiro atoms. The van der Waals surface area contributed by atoms with Gasteiger partial charge in [-0.05, 0) is 5.56 Å². The molecule has 66 valence electrons. The van der Waals surface area contributed by atoms with Crippen LogP contribution < -0.4 is 5.32 Å². The third kappa shape index (κ3) is 1.47. The number of hydrogen-bond acceptors (Lipinski definition) is 1.